The van der Waals surface area contributed by atoms with Crippen molar-refractivity contribution in [3.05, 3.63) is 53.6 Å². The minimum absolute atomic E-state index is 0.0695. The molecule has 2 atom stereocenters. The summed E-state index contributed by atoms with van der Waals surface area (Å²) in [5.74, 6) is -0.455. The zero-order chi connectivity index (χ0) is 22.6. The molecule has 2 aromatic heterocycles. The maximum absolute atomic E-state index is 13.2. The van der Waals surface area contributed by atoms with Crippen LogP contribution in [0.15, 0.2) is 41.7 Å². The number of aromatic nitrogens is 2. The van der Waals surface area contributed by atoms with E-state index in [0.717, 1.165) is 0 Å². The molecule has 0 unspecified atom stereocenters. The van der Waals surface area contributed by atoms with Gasteiger partial charge in [-0.15, -0.1) is 0 Å². The molecule has 3 rings (SSSR count). The van der Waals surface area contributed by atoms with Gasteiger partial charge in [0.1, 0.15) is 17.0 Å². The van der Waals surface area contributed by atoms with Crippen LogP contribution in [0.2, 0.25) is 0 Å². The zero-order valence-electron chi connectivity index (χ0n) is 16.5. The number of carbonyl (C=O) groups is 1. The number of hydrogen-bond acceptors (Lipinski definition) is 7. The van der Waals surface area contributed by atoms with Crippen molar-refractivity contribution in [1.29, 1.82) is 5.26 Å². The van der Waals surface area contributed by atoms with Gasteiger partial charge in [-0.05, 0) is 50.5 Å². The molecule has 7 nitrogen and oxygen atoms in total. The summed E-state index contributed by atoms with van der Waals surface area (Å²) in [7, 11) is 0. The van der Waals surface area contributed by atoms with Crippen LogP contribution in [0.1, 0.15) is 41.5 Å². The standard InChI is InChI=1S/C20H19F3N6OS/c1-19(9-16(20(21,22)23)31-18(25)29-19)6-4-13-8-14(5-7-26-13)28-17(30)15-3-2-12(10-24)11-27-15/h2-3,5,7-8,11,16H,4,6,9H2,1H3,(H2,25,29)(H,26,28,30)/t16-,19+/m0/s1. The highest BCUT2D eigenvalue weighted by atomic mass is 32.2. The molecule has 3 N–H and O–H groups in total. The average Bonchev–Trinajstić information content (AvgIpc) is 2.71. The molecule has 1 amide bonds. The topological polar surface area (TPSA) is 117 Å². The van der Waals surface area contributed by atoms with E-state index >= 15 is 0 Å². The first kappa shape index (κ1) is 22.6. The number of aliphatic imine (C=N–C) groups is 1. The number of hydrogen-bond donors (Lipinski definition) is 2. The van der Waals surface area contributed by atoms with E-state index in [-0.39, 0.29) is 17.3 Å². The zero-order valence-corrected chi connectivity index (χ0v) is 17.3. The van der Waals surface area contributed by atoms with Gasteiger partial charge in [0.15, 0.2) is 5.17 Å². The maximum atomic E-state index is 13.2. The van der Waals surface area contributed by atoms with Crippen molar-refractivity contribution in [3.8, 4) is 6.07 Å². The molecule has 0 aliphatic carbocycles. The summed E-state index contributed by atoms with van der Waals surface area (Å²) in [5, 5.41) is 9.83. The second kappa shape index (κ2) is 8.93. The van der Waals surface area contributed by atoms with E-state index in [0.29, 0.717) is 41.5 Å². The van der Waals surface area contributed by atoms with E-state index in [9.17, 15) is 18.0 Å². The lowest BCUT2D eigenvalue weighted by atomic mass is 9.89. The van der Waals surface area contributed by atoms with Crippen LogP contribution in [0.3, 0.4) is 0 Å². The molecule has 0 radical (unpaired) electrons. The lowest BCUT2D eigenvalue weighted by molar-refractivity contribution is -0.132. The molecule has 0 bridgehead atoms. The Bertz CT molecular complexity index is 1030. The summed E-state index contributed by atoms with van der Waals surface area (Å²) in [6, 6.07) is 8.10. The highest BCUT2D eigenvalue weighted by Crippen LogP contribution is 2.42. The normalized spacial score (nSPS) is 21.1. The number of aryl methyl sites for hydroxylation is 1. The number of nitriles is 1. The van der Waals surface area contributed by atoms with Gasteiger partial charge in [-0.1, -0.05) is 11.8 Å². The Kier molecular flexibility index (Phi) is 6.50. The quantitative estimate of drug-likeness (QED) is 0.721. The van der Waals surface area contributed by atoms with Crippen LogP contribution < -0.4 is 11.1 Å². The lowest BCUT2D eigenvalue weighted by Crippen LogP contribution is -2.42. The number of anilines is 1. The summed E-state index contributed by atoms with van der Waals surface area (Å²) in [6.45, 7) is 1.65. The minimum atomic E-state index is -4.35. The minimum Gasteiger partial charge on any atom is -0.379 e. The molecule has 0 saturated carbocycles. The van der Waals surface area contributed by atoms with Crippen molar-refractivity contribution in [2.75, 3.05) is 5.32 Å². The second-order valence-electron chi connectivity index (χ2n) is 7.33. The first-order chi connectivity index (χ1) is 14.6. The van der Waals surface area contributed by atoms with E-state index < -0.39 is 22.9 Å². The lowest BCUT2D eigenvalue weighted by Gasteiger charge is -2.35. The molecular weight excluding hydrogens is 429 g/mol. The van der Waals surface area contributed by atoms with Crippen molar-refractivity contribution in [1.82, 2.24) is 9.97 Å². The van der Waals surface area contributed by atoms with Crippen LogP contribution >= 0.6 is 11.8 Å². The summed E-state index contributed by atoms with van der Waals surface area (Å²) >= 11 is 0.543. The van der Waals surface area contributed by atoms with Gasteiger partial charge in [0.05, 0.1) is 11.1 Å². The molecule has 3 heterocycles. The van der Waals surface area contributed by atoms with E-state index in [1.165, 1.54) is 24.5 Å². The highest BCUT2D eigenvalue weighted by molar-refractivity contribution is 8.14. The first-order valence-electron chi connectivity index (χ1n) is 9.29. The van der Waals surface area contributed by atoms with E-state index in [4.69, 9.17) is 11.0 Å². The Balaban J connectivity index is 1.66. The van der Waals surface area contributed by atoms with Gasteiger partial charge in [-0.25, -0.2) is 4.98 Å². The number of pyridine rings is 2. The predicted molar refractivity (Wildman–Crippen MR) is 112 cm³/mol. The maximum Gasteiger partial charge on any atom is 0.401 e. The number of carbonyl (C=O) groups excluding carboxylic acids is 1. The fraction of sp³-hybridized carbons (Fsp3) is 0.350. The number of halogens is 3. The molecule has 162 valence electrons. The molecular formula is C20H19F3N6OS. The van der Waals surface area contributed by atoms with Crippen LogP contribution in [0.4, 0.5) is 18.9 Å². The molecule has 0 aromatic carbocycles. The van der Waals surface area contributed by atoms with Crippen molar-refractivity contribution >= 4 is 28.5 Å². The molecule has 0 fully saturated rings. The van der Waals surface area contributed by atoms with Crippen LogP contribution in [-0.4, -0.2) is 38.0 Å². The van der Waals surface area contributed by atoms with E-state index in [1.54, 1.807) is 19.1 Å². The fourth-order valence-corrected chi connectivity index (χ4v) is 4.29. The highest BCUT2D eigenvalue weighted by Gasteiger charge is 2.47. The second-order valence-corrected chi connectivity index (χ2v) is 8.56. The monoisotopic (exact) mass is 448 g/mol. The third-order valence-electron chi connectivity index (χ3n) is 4.75. The summed E-state index contributed by atoms with van der Waals surface area (Å²) < 4.78 is 39.5. The molecule has 11 heteroatoms. The van der Waals surface area contributed by atoms with Gasteiger partial charge in [0.25, 0.3) is 5.91 Å². The van der Waals surface area contributed by atoms with E-state index in [2.05, 4.69) is 20.3 Å². The Hall–Kier alpha value is -3.13. The van der Waals surface area contributed by atoms with E-state index in [1.807, 2.05) is 6.07 Å². The van der Waals surface area contributed by atoms with Crippen molar-refractivity contribution in [3.63, 3.8) is 0 Å². The molecule has 0 saturated heterocycles. The predicted octanol–water partition coefficient (Wildman–Crippen LogP) is 3.67. The number of nitrogens with one attached hydrogen (secondary N) is 1. The third kappa shape index (κ3) is 5.95. The Labute approximate surface area is 181 Å². The average molecular weight is 448 g/mol. The van der Waals surface area contributed by atoms with Crippen molar-refractivity contribution in [2.24, 2.45) is 10.7 Å². The van der Waals surface area contributed by atoms with Gasteiger partial charge in [-0.2, -0.15) is 18.4 Å². The third-order valence-corrected chi connectivity index (χ3v) is 5.80. The molecule has 2 aromatic rings. The summed E-state index contributed by atoms with van der Waals surface area (Å²) in [4.78, 5) is 24.7. The Morgan fingerprint density at radius 1 is 1.39 bits per heavy atom. The van der Waals surface area contributed by atoms with Gasteiger partial charge in [-0.3, -0.25) is 14.8 Å². The number of amides is 1. The first-order valence-corrected chi connectivity index (χ1v) is 10.2. The van der Waals surface area contributed by atoms with Gasteiger partial charge in [0, 0.05) is 23.8 Å². The molecule has 1 aliphatic rings. The number of alkyl halides is 3. The number of nitrogens with zero attached hydrogens (tertiary/aromatic N) is 4. The number of rotatable bonds is 5. The van der Waals surface area contributed by atoms with Gasteiger partial charge >= 0.3 is 6.18 Å². The van der Waals surface area contributed by atoms with Crippen molar-refractivity contribution in [2.45, 2.75) is 43.2 Å². The fourth-order valence-electron chi connectivity index (χ4n) is 3.14. The molecule has 0 spiro atoms. The van der Waals surface area contributed by atoms with Crippen molar-refractivity contribution < 1.29 is 18.0 Å². The summed E-state index contributed by atoms with van der Waals surface area (Å²) in [5.41, 5.74) is 6.25. The molecule has 1 aliphatic heterocycles. The van der Waals surface area contributed by atoms with Crippen LogP contribution in [0.25, 0.3) is 0 Å². The van der Waals surface area contributed by atoms with Crippen LogP contribution in [0, 0.1) is 11.3 Å². The smallest absolute Gasteiger partial charge is 0.379 e. The Morgan fingerprint density at radius 2 is 2.16 bits per heavy atom. The largest absolute Gasteiger partial charge is 0.401 e. The van der Waals surface area contributed by atoms with Crippen LogP contribution in [0.5, 0.6) is 0 Å². The SMILES string of the molecule is C[C@@]1(CCc2cc(NC(=O)c3ccc(C#N)cn3)ccn2)C[C@@H](C(F)(F)F)SC(N)=N1. The summed E-state index contributed by atoms with van der Waals surface area (Å²) in [6.07, 6.45) is -1.02. The number of thioether (sulfide) groups is 1. The molecule has 31 heavy (non-hydrogen) atoms. The van der Waals surface area contributed by atoms with Gasteiger partial charge < -0.3 is 11.1 Å². The number of amidine groups is 1. The number of nitrogens with two attached hydrogens (primary N) is 1. The van der Waals surface area contributed by atoms with Gasteiger partial charge in [0.2, 0.25) is 0 Å². The Morgan fingerprint density at radius 3 is 2.81 bits per heavy atom. The van der Waals surface area contributed by atoms with Crippen LogP contribution in [-0.2, 0) is 6.42 Å².